The van der Waals surface area contributed by atoms with Crippen LogP contribution in [0.4, 0.5) is 5.69 Å². The largest absolute Gasteiger partial charge is 0.382 e. The van der Waals surface area contributed by atoms with Crippen molar-refractivity contribution in [3.63, 3.8) is 0 Å². The fourth-order valence-electron chi connectivity index (χ4n) is 3.29. The maximum Gasteiger partial charge on any atom is 0.251 e. The van der Waals surface area contributed by atoms with E-state index < -0.39 is 0 Å². The summed E-state index contributed by atoms with van der Waals surface area (Å²) in [5.41, 5.74) is 3.19. The molecule has 2 N–H and O–H groups in total. The van der Waals surface area contributed by atoms with E-state index in [9.17, 15) is 4.79 Å². The van der Waals surface area contributed by atoms with Crippen LogP contribution >= 0.6 is 0 Å². The van der Waals surface area contributed by atoms with Crippen LogP contribution in [-0.4, -0.2) is 36.5 Å². The molecule has 0 saturated carbocycles. The van der Waals surface area contributed by atoms with Crippen molar-refractivity contribution in [2.24, 2.45) is 0 Å². The second-order valence-corrected chi connectivity index (χ2v) is 6.62. The average Bonchev–Trinajstić information content (AvgIpc) is 2.65. The number of hydrogen-bond donors (Lipinski definition) is 2. The predicted octanol–water partition coefficient (Wildman–Crippen LogP) is 3.51. The fraction of sp³-hybridized carbons (Fsp3) is 0.381. The molecule has 0 aliphatic carbocycles. The van der Waals surface area contributed by atoms with Gasteiger partial charge in [-0.25, -0.2) is 0 Å². The Kier molecular flexibility index (Phi) is 6.07. The fourth-order valence-corrected chi connectivity index (χ4v) is 3.29. The van der Waals surface area contributed by atoms with Gasteiger partial charge in [0.1, 0.15) is 0 Å². The summed E-state index contributed by atoms with van der Waals surface area (Å²) in [6, 6.07) is 18.9. The first-order valence-electron chi connectivity index (χ1n) is 9.15. The highest BCUT2D eigenvalue weighted by Crippen LogP contribution is 2.18. The average molecular weight is 337 g/mol. The molecule has 3 rings (SSSR count). The monoisotopic (exact) mass is 337 g/mol. The number of amides is 1. The van der Waals surface area contributed by atoms with E-state index in [1.54, 1.807) is 0 Å². The van der Waals surface area contributed by atoms with E-state index in [-0.39, 0.29) is 5.91 Å². The zero-order chi connectivity index (χ0) is 17.5. The molecule has 0 bridgehead atoms. The Labute approximate surface area is 150 Å². The van der Waals surface area contributed by atoms with E-state index in [2.05, 4.69) is 45.9 Å². The number of carbonyl (C=O) groups is 1. The molecule has 2 aromatic carbocycles. The lowest BCUT2D eigenvalue weighted by Crippen LogP contribution is -2.38. The van der Waals surface area contributed by atoms with Gasteiger partial charge in [-0.3, -0.25) is 9.69 Å². The van der Waals surface area contributed by atoms with Gasteiger partial charge in [0.2, 0.25) is 0 Å². The quantitative estimate of drug-likeness (QED) is 0.848. The molecule has 0 spiro atoms. The molecule has 2 aromatic rings. The summed E-state index contributed by atoms with van der Waals surface area (Å²) in [5.74, 6) is -0.0109. The Balaban J connectivity index is 1.46. The minimum Gasteiger partial charge on any atom is -0.382 e. The Morgan fingerprint density at radius 3 is 2.36 bits per heavy atom. The number of nitrogens with one attached hydrogen (secondary N) is 2. The summed E-state index contributed by atoms with van der Waals surface area (Å²) >= 11 is 0. The maximum atomic E-state index is 11.8. The smallest absolute Gasteiger partial charge is 0.251 e. The molecular formula is C21H27N3O. The molecule has 4 heteroatoms. The lowest BCUT2D eigenvalue weighted by molar-refractivity contribution is 0.0956. The van der Waals surface area contributed by atoms with Gasteiger partial charge in [-0.2, -0.15) is 0 Å². The Bertz CT molecular complexity index is 661. The third-order valence-corrected chi connectivity index (χ3v) is 4.69. The van der Waals surface area contributed by atoms with Gasteiger partial charge in [0, 0.05) is 43.5 Å². The van der Waals surface area contributed by atoms with Crippen LogP contribution in [0.2, 0.25) is 0 Å². The van der Waals surface area contributed by atoms with Crippen LogP contribution in [0.25, 0.3) is 0 Å². The number of benzene rings is 2. The van der Waals surface area contributed by atoms with Crippen LogP contribution < -0.4 is 10.6 Å². The number of carbonyl (C=O) groups excluding carboxylic acids is 1. The summed E-state index contributed by atoms with van der Waals surface area (Å²) in [4.78, 5) is 14.3. The highest BCUT2D eigenvalue weighted by Gasteiger charge is 2.19. The summed E-state index contributed by atoms with van der Waals surface area (Å²) in [6.07, 6.45) is 2.29. The van der Waals surface area contributed by atoms with Gasteiger partial charge in [0.05, 0.1) is 0 Å². The van der Waals surface area contributed by atoms with Gasteiger partial charge in [0.15, 0.2) is 0 Å². The van der Waals surface area contributed by atoms with Crippen molar-refractivity contribution < 1.29 is 4.79 Å². The number of anilines is 1. The van der Waals surface area contributed by atoms with E-state index in [1.165, 1.54) is 5.56 Å². The van der Waals surface area contributed by atoms with Crippen molar-refractivity contribution >= 4 is 11.6 Å². The summed E-state index contributed by atoms with van der Waals surface area (Å²) in [6.45, 7) is 5.85. The zero-order valence-electron chi connectivity index (χ0n) is 14.9. The normalized spacial score (nSPS) is 15.7. The molecule has 132 valence electrons. The Morgan fingerprint density at radius 1 is 1.04 bits per heavy atom. The van der Waals surface area contributed by atoms with E-state index in [0.29, 0.717) is 18.2 Å². The van der Waals surface area contributed by atoms with Gasteiger partial charge in [-0.1, -0.05) is 30.3 Å². The van der Waals surface area contributed by atoms with Gasteiger partial charge in [-0.15, -0.1) is 0 Å². The van der Waals surface area contributed by atoms with Crippen LogP contribution in [0.1, 0.15) is 35.7 Å². The van der Waals surface area contributed by atoms with Crippen molar-refractivity contribution in [1.29, 1.82) is 0 Å². The third kappa shape index (κ3) is 5.07. The summed E-state index contributed by atoms with van der Waals surface area (Å²) < 4.78 is 0. The van der Waals surface area contributed by atoms with Crippen molar-refractivity contribution in [1.82, 2.24) is 10.2 Å². The van der Waals surface area contributed by atoms with E-state index in [1.807, 2.05) is 31.2 Å². The second kappa shape index (κ2) is 8.67. The first kappa shape index (κ1) is 17.5. The minimum atomic E-state index is -0.0109. The van der Waals surface area contributed by atoms with Gasteiger partial charge in [0.25, 0.3) is 5.91 Å². The zero-order valence-corrected chi connectivity index (χ0v) is 14.9. The third-order valence-electron chi connectivity index (χ3n) is 4.69. The van der Waals surface area contributed by atoms with Crippen LogP contribution in [0.5, 0.6) is 0 Å². The molecule has 1 fully saturated rings. The van der Waals surface area contributed by atoms with Gasteiger partial charge < -0.3 is 10.6 Å². The molecule has 1 amide bonds. The SMILES string of the molecule is CCNC(=O)c1ccc(NC2CCN(Cc3ccccc3)CC2)cc1. The number of hydrogen-bond acceptors (Lipinski definition) is 3. The predicted molar refractivity (Wildman–Crippen MR) is 103 cm³/mol. The molecular weight excluding hydrogens is 310 g/mol. The number of rotatable bonds is 6. The van der Waals surface area contributed by atoms with E-state index in [4.69, 9.17) is 0 Å². The molecule has 0 unspecified atom stereocenters. The van der Waals surface area contributed by atoms with E-state index >= 15 is 0 Å². The molecule has 0 aromatic heterocycles. The molecule has 1 aliphatic heterocycles. The molecule has 1 heterocycles. The van der Waals surface area contributed by atoms with Gasteiger partial charge >= 0.3 is 0 Å². The first-order chi connectivity index (χ1) is 12.2. The molecule has 1 aliphatic rings. The Hall–Kier alpha value is -2.33. The van der Waals surface area contributed by atoms with Crippen molar-refractivity contribution in [3.05, 3.63) is 65.7 Å². The first-order valence-corrected chi connectivity index (χ1v) is 9.15. The summed E-state index contributed by atoms with van der Waals surface area (Å²) in [7, 11) is 0. The lowest BCUT2D eigenvalue weighted by atomic mass is 10.0. The van der Waals surface area contributed by atoms with Crippen LogP contribution in [-0.2, 0) is 6.54 Å². The van der Waals surface area contributed by atoms with Crippen molar-refractivity contribution in [2.45, 2.75) is 32.4 Å². The number of likely N-dealkylation sites (tertiary alicyclic amines) is 1. The van der Waals surface area contributed by atoms with Crippen LogP contribution in [0.3, 0.4) is 0 Å². The second-order valence-electron chi connectivity index (χ2n) is 6.62. The highest BCUT2D eigenvalue weighted by atomic mass is 16.1. The number of piperidine rings is 1. The Morgan fingerprint density at radius 2 is 1.72 bits per heavy atom. The topological polar surface area (TPSA) is 44.4 Å². The standard InChI is InChI=1S/C21H27N3O/c1-2-22-21(25)18-8-10-19(11-9-18)23-20-12-14-24(15-13-20)16-17-6-4-3-5-7-17/h3-11,20,23H,2,12-16H2,1H3,(H,22,25). The molecule has 0 radical (unpaired) electrons. The molecule has 25 heavy (non-hydrogen) atoms. The molecule has 1 saturated heterocycles. The highest BCUT2D eigenvalue weighted by molar-refractivity contribution is 5.94. The number of nitrogens with zero attached hydrogens (tertiary/aromatic N) is 1. The van der Waals surface area contributed by atoms with Crippen molar-refractivity contribution in [2.75, 3.05) is 25.0 Å². The van der Waals surface area contributed by atoms with Crippen molar-refractivity contribution in [3.8, 4) is 0 Å². The molecule has 0 atom stereocenters. The lowest BCUT2D eigenvalue weighted by Gasteiger charge is -2.33. The van der Waals surface area contributed by atoms with E-state index in [0.717, 1.165) is 38.2 Å². The molecule has 4 nitrogen and oxygen atoms in total. The summed E-state index contributed by atoms with van der Waals surface area (Å²) in [5, 5.41) is 6.43. The van der Waals surface area contributed by atoms with Gasteiger partial charge in [-0.05, 0) is 49.6 Å². The maximum absolute atomic E-state index is 11.8. The minimum absolute atomic E-state index is 0.0109. The van der Waals surface area contributed by atoms with Crippen LogP contribution in [0, 0.1) is 0 Å². The van der Waals surface area contributed by atoms with Crippen LogP contribution in [0.15, 0.2) is 54.6 Å².